The van der Waals surface area contributed by atoms with Crippen LogP contribution in [0.15, 0.2) is 46.9 Å². The van der Waals surface area contributed by atoms with Crippen molar-refractivity contribution in [3.05, 3.63) is 76.0 Å². The van der Waals surface area contributed by atoms with Crippen LogP contribution in [0.5, 0.6) is 0 Å². The van der Waals surface area contributed by atoms with E-state index in [1.54, 1.807) is 15.6 Å². The lowest BCUT2D eigenvalue weighted by molar-refractivity contribution is 0.0745. The van der Waals surface area contributed by atoms with Gasteiger partial charge >= 0.3 is 0 Å². The highest BCUT2D eigenvalue weighted by Crippen LogP contribution is 2.18. The molecule has 0 fully saturated rings. The summed E-state index contributed by atoms with van der Waals surface area (Å²) in [6, 6.07) is 12.7. The third-order valence-electron chi connectivity index (χ3n) is 4.82. The van der Waals surface area contributed by atoms with Crippen LogP contribution in [0.2, 0.25) is 5.02 Å². The molecule has 0 saturated carbocycles. The highest BCUT2D eigenvalue weighted by Gasteiger charge is 2.26. The lowest BCUT2D eigenvalue weighted by atomic mass is 10.2. The molecule has 29 heavy (non-hydrogen) atoms. The van der Waals surface area contributed by atoms with Crippen LogP contribution in [0.3, 0.4) is 0 Å². The maximum Gasteiger partial charge on any atom is 0.272 e. The number of aryl methyl sites for hydroxylation is 2. The minimum Gasteiger partial charge on any atom is -0.465 e. The quantitative estimate of drug-likeness (QED) is 0.696. The summed E-state index contributed by atoms with van der Waals surface area (Å²) in [5, 5.41) is 7.78. The number of furan rings is 1. The van der Waals surface area contributed by atoms with Crippen LogP contribution in [0, 0.1) is 6.92 Å². The summed E-state index contributed by atoms with van der Waals surface area (Å²) in [5.41, 5.74) is 1.66. The van der Waals surface area contributed by atoms with E-state index >= 15 is 0 Å². The fourth-order valence-electron chi connectivity index (χ4n) is 3.34. The molecule has 3 aromatic rings. The zero-order chi connectivity index (χ0) is 20.4. The number of aromatic nitrogens is 2. The Balaban J connectivity index is 1.47. The highest BCUT2D eigenvalue weighted by molar-refractivity contribution is 6.30. The van der Waals surface area contributed by atoms with E-state index in [9.17, 15) is 9.59 Å². The summed E-state index contributed by atoms with van der Waals surface area (Å²) < 4.78 is 7.07. The third kappa shape index (κ3) is 4.35. The molecule has 7 nitrogen and oxygen atoms in total. The van der Waals surface area contributed by atoms with Gasteiger partial charge in [-0.05, 0) is 43.2 Å². The first-order chi connectivity index (χ1) is 14.0. The number of rotatable bonds is 5. The minimum absolute atomic E-state index is 0.134. The molecule has 8 heteroatoms. The molecule has 1 N–H and O–H groups in total. The molecule has 0 radical (unpaired) electrons. The Morgan fingerprint density at radius 2 is 2.00 bits per heavy atom. The Kier molecular flexibility index (Phi) is 5.40. The Bertz CT molecular complexity index is 1040. The number of halogens is 1. The summed E-state index contributed by atoms with van der Waals surface area (Å²) in [5.74, 6) is 0.985. The Morgan fingerprint density at radius 1 is 1.21 bits per heavy atom. The van der Waals surface area contributed by atoms with Gasteiger partial charge in [0, 0.05) is 30.7 Å². The van der Waals surface area contributed by atoms with E-state index in [0.717, 1.165) is 17.7 Å². The van der Waals surface area contributed by atoms with Crippen LogP contribution in [0.25, 0.3) is 0 Å². The molecule has 1 aromatic carbocycles. The molecule has 0 unspecified atom stereocenters. The van der Waals surface area contributed by atoms with Gasteiger partial charge in [-0.3, -0.25) is 14.3 Å². The number of hydrogen-bond acceptors (Lipinski definition) is 4. The Morgan fingerprint density at radius 3 is 2.72 bits per heavy atom. The number of benzene rings is 1. The molecule has 3 heterocycles. The average Bonchev–Trinajstić information content (AvgIpc) is 3.29. The third-order valence-corrected chi connectivity index (χ3v) is 5.07. The van der Waals surface area contributed by atoms with E-state index in [4.69, 9.17) is 16.0 Å². The number of hydrogen-bond donors (Lipinski definition) is 1. The first-order valence-corrected chi connectivity index (χ1v) is 9.82. The monoisotopic (exact) mass is 412 g/mol. The molecule has 2 aromatic heterocycles. The van der Waals surface area contributed by atoms with Gasteiger partial charge < -0.3 is 14.6 Å². The highest BCUT2D eigenvalue weighted by atomic mass is 35.5. The van der Waals surface area contributed by atoms with Crippen molar-refractivity contribution in [2.45, 2.75) is 33.0 Å². The van der Waals surface area contributed by atoms with Gasteiger partial charge in [-0.2, -0.15) is 5.10 Å². The van der Waals surface area contributed by atoms with Gasteiger partial charge in [0.15, 0.2) is 5.69 Å². The van der Waals surface area contributed by atoms with E-state index in [-0.39, 0.29) is 24.1 Å². The van der Waals surface area contributed by atoms with Crippen molar-refractivity contribution in [1.82, 2.24) is 20.0 Å². The van der Waals surface area contributed by atoms with Crippen LogP contribution < -0.4 is 5.32 Å². The number of fused-ring (bicyclic) bond motifs is 1. The number of carbonyl (C=O) groups excluding carboxylic acids is 2. The number of carbonyl (C=O) groups is 2. The summed E-state index contributed by atoms with van der Waals surface area (Å²) in [7, 11) is 0. The van der Waals surface area contributed by atoms with Crippen LogP contribution in [-0.2, 0) is 19.6 Å². The number of nitrogens with zero attached hydrogens (tertiary/aromatic N) is 3. The van der Waals surface area contributed by atoms with E-state index in [1.165, 1.54) is 0 Å². The van der Waals surface area contributed by atoms with Gasteiger partial charge in [-0.15, -0.1) is 0 Å². The van der Waals surface area contributed by atoms with E-state index in [2.05, 4.69) is 10.4 Å². The van der Waals surface area contributed by atoms with Gasteiger partial charge in [0.25, 0.3) is 11.8 Å². The van der Waals surface area contributed by atoms with Crippen molar-refractivity contribution >= 4 is 23.4 Å². The topological polar surface area (TPSA) is 80.4 Å². The van der Waals surface area contributed by atoms with Crippen molar-refractivity contribution < 1.29 is 14.0 Å². The first kappa shape index (κ1) is 19.3. The maximum atomic E-state index is 13.0. The van der Waals surface area contributed by atoms with Gasteiger partial charge in [0.1, 0.15) is 17.2 Å². The van der Waals surface area contributed by atoms with Crippen LogP contribution in [0.1, 0.15) is 44.5 Å². The molecule has 2 amide bonds. The summed E-state index contributed by atoms with van der Waals surface area (Å²) in [4.78, 5) is 27.3. The second-order valence-electron chi connectivity index (χ2n) is 7.04. The predicted octanol–water partition coefficient (Wildman–Crippen LogP) is 3.41. The number of nitrogens with one attached hydrogen (secondary N) is 1. The molecular weight excluding hydrogens is 392 g/mol. The minimum atomic E-state index is -0.336. The largest absolute Gasteiger partial charge is 0.465 e. The van der Waals surface area contributed by atoms with Gasteiger partial charge in [0.05, 0.1) is 6.54 Å². The van der Waals surface area contributed by atoms with Crippen molar-refractivity contribution in [2.75, 3.05) is 6.54 Å². The lowest BCUT2D eigenvalue weighted by Gasteiger charge is -2.20. The second-order valence-corrected chi connectivity index (χ2v) is 7.48. The SMILES string of the molecule is Cc1ccc(CNC(=O)c2cc3n(n2)CCCN(Cc2ccc(Cl)cc2)C3=O)o1. The van der Waals surface area contributed by atoms with Crippen LogP contribution in [-0.4, -0.2) is 33.0 Å². The predicted molar refractivity (Wildman–Crippen MR) is 108 cm³/mol. The van der Waals surface area contributed by atoms with E-state index in [0.29, 0.717) is 36.1 Å². The fraction of sp³-hybridized carbons (Fsp3) is 0.286. The first-order valence-electron chi connectivity index (χ1n) is 9.45. The molecule has 0 aliphatic carbocycles. The smallest absolute Gasteiger partial charge is 0.272 e. The average molecular weight is 413 g/mol. The molecule has 0 atom stereocenters. The zero-order valence-corrected chi connectivity index (χ0v) is 16.8. The van der Waals surface area contributed by atoms with Gasteiger partial charge in [-0.25, -0.2) is 0 Å². The fourth-order valence-corrected chi connectivity index (χ4v) is 3.47. The van der Waals surface area contributed by atoms with Crippen molar-refractivity contribution in [1.29, 1.82) is 0 Å². The normalized spacial score (nSPS) is 13.9. The van der Waals surface area contributed by atoms with Gasteiger partial charge in [-0.1, -0.05) is 23.7 Å². The standard InChI is InChI=1S/C21H21ClN4O3/c1-14-3-8-17(29-14)12-23-20(27)18-11-19-21(28)25(9-2-10-26(19)24-18)13-15-4-6-16(22)7-5-15/h3-8,11H,2,9-10,12-13H2,1H3,(H,23,27). The van der Waals surface area contributed by atoms with Crippen molar-refractivity contribution in [3.63, 3.8) is 0 Å². The van der Waals surface area contributed by atoms with Crippen LogP contribution in [0.4, 0.5) is 0 Å². The molecule has 150 valence electrons. The molecule has 0 spiro atoms. The number of amides is 2. The summed E-state index contributed by atoms with van der Waals surface area (Å²) in [6.45, 7) is 3.82. The Hall–Kier alpha value is -3.06. The van der Waals surface area contributed by atoms with Crippen molar-refractivity contribution in [3.8, 4) is 0 Å². The van der Waals surface area contributed by atoms with E-state index in [1.807, 2.05) is 43.3 Å². The maximum absolute atomic E-state index is 13.0. The molecule has 0 bridgehead atoms. The molecule has 4 rings (SSSR count). The molecular formula is C21H21ClN4O3. The molecule has 0 saturated heterocycles. The van der Waals surface area contributed by atoms with Crippen LogP contribution >= 0.6 is 11.6 Å². The van der Waals surface area contributed by atoms with E-state index < -0.39 is 0 Å². The summed E-state index contributed by atoms with van der Waals surface area (Å²) >= 11 is 5.94. The zero-order valence-electron chi connectivity index (χ0n) is 16.0. The molecule has 1 aliphatic heterocycles. The second kappa shape index (κ2) is 8.13. The molecule has 1 aliphatic rings. The van der Waals surface area contributed by atoms with Gasteiger partial charge in [0.2, 0.25) is 0 Å². The van der Waals surface area contributed by atoms with Crippen molar-refractivity contribution in [2.24, 2.45) is 0 Å². The summed E-state index contributed by atoms with van der Waals surface area (Å²) in [6.07, 6.45) is 0.765. The Labute approximate surface area is 173 Å². The lowest BCUT2D eigenvalue weighted by Crippen LogP contribution is -2.30.